The van der Waals surface area contributed by atoms with Crippen LogP contribution < -0.4 is 10.9 Å². The summed E-state index contributed by atoms with van der Waals surface area (Å²) in [5, 5.41) is 1.05. The van der Waals surface area contributed by atoms with Crippen molar-refractivity contribution >= 4 is 16.8 Å². The number of hydrogen-bond acceptors (Lipinski definition) is 4. The summed E-state index contributed by atoms with van der Waals surface area (Å²) < 4.78 is 0. The van der Waals surface area contributed by atoms with Crippen LogP contribution in [0.15, 0.2) is 66.7 Å². The van der Waals surface area contributed by atoms with Crippen LogP contribution in [0, 0.1) is 0 Å². The minimum absolute atomic E-state index is 0.0228. The second-order valence-electron chi connectivity index (χ2n) is 7.44. The fourth-order valence-corrected chi connectivity index (χ4v) is 3.77. The van der Waals surface area contributed by atoms with Crippen molar-refractivity contribution in [3.05, 3.63) is 78.0 Å². The van der Waals surface area contributed by atoms with Gasteiger partial charge in [0.05, 0.1) is 5.52 Å². The molecule has 1 aliphatic heterocycles. The van der Waals surface area contributed by atoms with Crippen molar-refractivity contribution in [3.63, 3.8) is 0 Å². The number of fused-ring (bicyclic) bond motifs is 1. The first kappa shape index (κ1) is 18.6. The summed E-state index contributed by atoms with van der Waals surface area (Å²) in [5.74, 6) is -0.0228. The third-order valence-electron chi connectivity index (χ3n) is 5.39. The van der Waals surface area contributed by atoms with Crippen LogP contribution in [0.2, 0.25) is 0 Å². The number of nitrogens with one attached hydrogen (secondary N) is 2. The van der Waals surface area contributed by atoms with Crippen molar-refractivity contribution in [2.75, 3.05) is 13.6 Å². The van der Waals surface area contributed by atoms with E-state index in [1.54, 1.807) is 4.90 Å². The molecule has 0 radical (unpaired) electrons. The van der Waals surface area contributed by atoms with E-state index in [-0.39, 0.29) is 5.91 Å². The number of hydrazine groups is 1. The Kier molecular flexibility index (Phi) is 5.65. The Balaban J connectivity index is 1.27. The van der Waals surface area contributed by atoms with Crippen molar-refractivity contribution in [2.45, 2.75) is 31.3 Å². The van der Waals surface area contributed by atoms with Crippen LogP contribution in [0.3, 0.4) is 0 Å². The average Bonchev–Trinajstić information content (AvgIpc) is 3.22. The van der Waals surface area contributed by atoms with Gasteiger partial charge in [0.2, 0.25) is 0 Å². The number of carbonyl (C=O) groups excluding carboxylic acids is 1. The van der Waals surface area contributed by atoms with Crippen molar-refractivity contribution in [1.29, 1.82) is 0 Å². The summed E-state index contributed by atoms with van der Waals surface area (Å²) in [7, 11) is 1.85. The highest BCUT2D eigenvalue weighted by atomic mass is 16.2. The summed E-state index contributed by atoms with van der Waals surface area (Å²) in [6, 6.07) is 22.9. The monoisotopic (exact) mass is 374 g/mol. The van der Waals surface area contributed by atoms with Crippen LogP contribution in [0.4, 0.5) is 0 Å². The molecule has 0 bridgehead atoms. The lowest BCUT2D eigenvalue weighted by atomic mass is 10.00. The fraction of sp³-hybridized carbons (Fsp3) is 0.304. The molecule has 5 heteroatoms. The van der Waals surface area contributed by atoms with E-state index >= 15 is 0 Å². The highest BCUT2D eigenvalue weighted by molar-refractivity contribution is 5.94. The van der Waals surface area contributed by atoms with Crippen LogP contribution in [0.1, 0.15) is 41.4 Å². The predicted molar refractivity (Wildman–Crippen MR) is 112 cm³/mol. The quantitative estimate of drug-likeness (QED) is 0.691. The molecule has 1 aromatic heterocycles. The maximum atomic E-state index is 12.7. The molecule has 3 aromatic rings. The van der Waals surface area contributed by atoms with E-state index in [9.17, 15) is 4.79 Å². The molecule has 1 aliphatic rings. The molecule has 2 unspecified atom stereocenters. The first-order valence-corrected chi connectivity index (χ1v) is 9.88. The third-order valence-corrected chi connectivity index (χ3v) is 5.39. The molecule has 144 valence electrons. The molecule has 1 fully saturated rings. The van der Waals surface area contributed by atoms with Crippen LogP contribution >= 0.6 is 0 Å². The number of nitrogens with zero attached hydrogens (tertiary/aromatic N) is 2. The standard InChI is InChI=1S/C23H26N4O/c1-27(23(28)21-14-13-18-10-5-6-12-20(18)24-21)15-7-11-19-16-22(26-25-19)17-8-3-2-4-9-17/h2-6,8-10,12-14,19,22,25-26H,7,11,15-16H2,1H3. The molecule has 1 saturated heterocycles. The van der Waals surface area contributed by atoms with Crippen LogP contribution in [0.5, 0.6) is 0 Å². The van der Waals surface area contributed by atoms with E-state index < -0.39 is 0 Å². The molecule has 2 N–H and O–H groups in total. The zero-order chi connectivity index (χ0) is 19.3. The molecule has 0 spiro atoms. The maximum Gasteiger partial charge on any atom is 0.272 e. The highest BCUT2D eigenvalue weighted by Gasteiger charge is 2.24. The molecule has 4 rings (SSSR count). The smallest absolute Gasteiger partial charge is 0.272 e. The summed E-state index contributed by atoms with van der Waals surface area (Å²) >= 11 is 0. The molecule has 0 aliphatic carbocycles. The number of amides is 1. The zero-order valence-corrected chi connectivity index (χ0v) is 16.1. The number of benzene rings is 2. The van der Waals surface area contributed by atoms with E-state index in [1.165, 1.54) is 5.56 Å². The topological polar surface area (TPSA) is 57.3 Å². The molecule has 28 heavy (non-hydrogen) atoms. The van der Waals surface area contributed by atoms with Gasteiger partial charge < -0.3 is 4.90 Å². The van der Waals surface area contributed by atoms with Crippen LogP contribution in [-0.2, 0) is 0 Å². The summed E-state index contributed by atoms with van der Waals surface area (Å²) in [6.07, 6.45) is 3.05. The van der Waals surface area contributed by atoms with Gasteiger partial charge in [-0.3, -0.25) is 15.6 Å². The van der Waals surface area contributed by atoms with Gasteiger partial charge in [0.1, 0.15) is 5.69 Å². The number of pyridine rings is 1. The van der Waals surface area contributed by atoms with E-state index in [2.05, 4.69) is 40.1 Å². The van der Waals surface area contributed by atoms with Gasteiger partial charge in [-0.15, -0.1) is 0 Å². The Morgan fingerprint density at radius 1 is 1.04 bits per heavy atom. The lowest BCUT2D eigenvalue weighted by Crippen LogP contribution is -2.32. The molecule has 2 aromatic carbocycles. The zero-order valence-electron chi connectivity index (χ0n) is 16.1. The van der Waals surface area contributed by atoms with Crippen molar-refractivity contribution < 1.29 is 4.79 Å². The highest BCUT2D eigenvalue weighted by Crippen LogP contribution is 2.23. The molecule has 2 heterocycles. The van der Waals surface area contributed by atoms with Gasteiger partial charge in [0, 0.05) is 31.1 Å². The van der Waals surface area contributed by atoms with Crippen LogP contribution in [-0.4, -0.2) is 35.4 Å². The Hall–Kier alpha value is -2.76. The van der Waals surface area contributed by atoms with Crippen molar-refractivity contribution in [2.24, 2.45) is 0 Å². The fourth-order valence-electron chi connectivity index (χ4n) is 3.77. The number of carbonyl (C=O) groups is 1. The van der Waals surface area contributed by atoms with E-state index in [0.717, 1.165) is 36.7 Å². The summed E-state index contributed by atoms with van der Waals surface area (Å²) in [4.78, 5) is 19.0. The Bertz CT molecular complexity index is 943. The molecule has 0 saturated carbocycles. The van der Waals surface area contributed by atoms with E-state index in [4.69, 9.17) is 0 Å². The minimum Gasteiger partial charge on any atom is -0.340 e. The van der Waals surface area contributed by atoms with Crippen LogP contribution in [0.25, 0.3) is 10.9 Å². The molecule has 5 nitrogen and oxygen atoms in total. The van der Waals surface area contributed by atoms with E-state index in [0.29, 0.717) is 17.8 Å². The Morgan fingerprint density at radius 3 is 2.68 bits per heavy atom. The van der Waals surface area contributed by atoms with Gasteiger partial charge in [-0.05, 0) is 37.0 Å². The van der Waals surface area contributed by atoms with Gasteiger partial charge in [-0.1, -0.05) is 54.6 Å². The lowest BCUT2D eigenvalue weighted by Gasteiger charge is -2.18. The molecule has 1 amide bonds. The van der Waals surface area contributed by atoms with E-state index in [1.807, 2.05) is 49.5 Å². The largest absolute Gasteiger partial charge is 0.340 e. The molecular weight excluding hydrogens is 348 g/mol. The average molecular weight is 374 g/mol. The van der Waals surface area contributed by atoms with Gasteiger partial charge in [-0.25, -0.2) is 4.98 Å². The van der Waals surface area contributed by atoms with Gasteiger partial charge in [0.25, 0.3) is 5.91 Å². The number of para-hydroxylation sites is 1. The van der Waals surface area contributed by atoms with Crippen molar-refractivity contribution in [1.82, 2.24) is 20.7 Å². The summed E-state index contributed by atoms with van der Waals surface area (Å²) in [5.41, 5.74) is 9.45. The van der Waals surface area contributed by atoms with Gasteiger partial charge in [0.15, 0.2) is 0 Å². The first-order valence-electron chi connectivity index (χ1n) is 9.88. The molecule has 2 atom stereocenters. The minimum atomic E-state index is -0.0228. The lowest BCUT2D eigenvalue weighted by molar-refractivity contribution is 0.0786. The van der Waals surface area contributed by atoms with Gasteiger partial charge >= 0.3 is 0 Å². The second kappa shape index (κ2) is 8.50. The van der Waals surface area contributed by atoms with Gasteiger partial charge in [-0.2, -0.15) is 0 Å². The summed E-state index contributed by atoms with van der Waals surface area (Å²) in [6.45, 7) is 0.724. The normalized spacial score (nSPS) is 19.0. The van der Waals surface area contributed by atoms with Crippen molar-refractivity contribution in [3.8, 4) is 0 Å². The Morgan fingerprint density at radius 2 is 1.82 bits per heavy atom. The molecular formula is C23H26N4O. The third kappa shape index (κ3) is 4.21. The maximum absolute atomic E-state index is 12.7. The predicted octanol–water partition coefficient (Wildman–Crippen LogP) is 3.69. The first-order chi connectivity index (χ1) is 13.7. The number of rotatable bonds is 6. The second-order valence-corrected chi connectivity index (χ2v) is 7.44. The SMILES string of the molecule is CN(CCCC1CC(c2ccccc2)NN1)C(=O)c1ccc2ccccc2n1. The number of hydrogen-bond donors (Lipinski definition) is 2. The Labute approximate surface area is 165 Å². The number of aromatic nitrogens is 1.